The summed E-state index contributed by atoms with van der Waals surface area (Å²) in [5.41, 5.74) is -0.759. The van der Waals surface area contributed by atoms with Crippen LogP contribution in [0, 0.1) is 5.92 Å². The molecule has 0 aromatic carbocycles. The minimum atomic E-state index is -0.759. The fourth-order valence-corrected chi connectivity index (χ4v) is 5.29. The average Bonchev–Trinajstić information content (AvgIpc) is 3.31. The third-order valence-electron chi connectivity index (χ3n) is 6.80. The quantitative estimate of drug-likeness (QED) is 0.710. The van der Waals surface area contributed by atoms with E-state index in [0.717, 1.165) is 45.3 Å². The number of nitrogens with zero attached hydrogens (tertiary/aromatic N) is 3. The van der Waals surface area contributed by atoms with Crippen LogP contribution in [0.25, 0.3) is 0 Å². The van der Waals surface area contributed by atoms with Gasteiger partial charge in [-0.05, 0) is 44.4 Å². The third kappa shape index (κ3) is 4.01. The molecule has 8 heteroatoms. The number of carbonyl (C=O) groups is 3. The number of piperidine rings is 2. The largest absolute Gasteiger partial charge is 0.368 e. The Kier molecular flexibility index (Phi) is 5.84. The summed E-state index contributed by atoms with van der Waals surface area (Å²) in [6, 6.07) is -0.529. The standard InChI is InChI=1S/C21H34N4O4/c1-15(2)13-23-10-7-21(8-11-23)19(27)25(20(28)22-21)16-5-3-9-24(14-16)18(26)17-6-4-12-29-17/h15-17H,3-14H2,1-2H3,(H,22,28)/t16-,17+/m1/s1. The zero-order valence-corrected chi connectivity index (χ0v) is 17.7. The number of urea groups is 1. The molecule has 4 aliphatic heterocycles. The number of ether oxygens (including phenoxy) is 1. The van der Waals surface area contributed by atoms with Gasteiger partial charge >= 0.3 is 6.03 Å². The van der Waals surface area contributed by atoms with Gasteiger partial charge in [0.25, 0.3) is 11.8 Å². The highest BCUT2D eigenvalue weighted by atomic mass is 16.5. The van der Waals surface area contributed by atoms with Gasteiger partial charge in [-0.2, -0.15) is 0 Å². The Labute approximate surface area is 172 Å². The van der Waals surface area contributed by atoms with Crippen LogP contribution in [-0.2, 0) is 14.3 Å². The minimum Gasteiger partial charge on any atom is -0.368 e. The lowest BCUT2D eigenvalue weighted by molar-refractivity contribution is -0.145. The lowest BCUT2D eigenvalue weighted by atomic mass is 9.86. The van der Waals surface area contributed by atoms with Crippen LogP contribution in [-0.4, -0.2) is 89.6 Å². The summed E-state index contributed by atoms with van der Waals surface area (Å²) >= 11 is 0. The van der Waals surface area contributed by atoms with Crippen molar-refractivity contribution in [2.45, 2.75) is 70.1 Å². The van der Waals surface area contributed by atoms with E-state index in [-0.39, 0.29) is 30.0 Å². The third-order valence-corrected chi connectivity index (χ3v) is 6.80. The average molecular weight is 407 g/mol. The van der Waals surface area contributed by atoms with E-state index in [0.29, 0.717) is 38.5 Å². The molecule has 0 radical (unpaired) electrons. The first-order chi connectivity index (χ1) is 13.9. The molecule has 0 unspecified atom stereocenters. The molecule has 2 atom stereocenters. The van der Waals surface area contributed by atoms with Crippen molar-refractivity contribution in [1.82, 2.24) is 20.0 Å². The predicted molar refractivity (Wildman–Crippen MR) is 107 cm³/mol. The summed E-state index contributed by atoms with van der Waals surface area (Å²) in [6.45, 7) is 8.80. The van der Waals surface area contributed by atoms with Crippen molar-refractivity contribution >= 4 is 17.8 Å². The van der Waals surface area contributed by atoms with Crippen molar-refractivity contribution in [3.63, 3.8) is 0 Å². The summed E-state index contributed by atoms with van der Waals surface area (Å²) in [6.07, 6.45) is 4.20. The first kappa shape index (κ1) is 20.6. The molecule has 0 aliphatic carbocycles. The predicted octanol–water partition coefficient (Wildman–Crippen LogP) is 1.20. The molecule has 0 saturated carbocycles. The van der Waals surface area contributed by atoms with Gasteiger partial charge in [0.05, 0.1) is 6.04 Å². The van der Waals surface area contributed by atoms with Crippen LogP contribution in [0.2, 0.25) is 0 Å². The zero-order chi connectivity index (χ0) is 20.6. The van der Waals surface area contributed by atoms with Crippen LogP contribution in [0.15, 0.2) is 0 Å². The maximum absolute atomic E-state index is 13.3. The summed E-state index contributed by atoms with van der Waals surface area (Å²) < 4.78 is 5.54. The van der Waals surface area contributed by atoms with Crippen molar-refractivity contribution in [3.8, 4) is 0 Å². The summed E-state index contributed by atoms with van der Waals surface area (Å²) in [7, 11) is 0. The monoisotopic (exact) mass is 406 g/mol. The SMILES string of the molecule is CC(C)CN1CCC2(CC1)NC(=O)N([C@@H]1CCCN(C(=O)[C@@H]3CCCO3)C1)C2=O. The number of nitrogens with one attached hydrogen (secondary N) is 1. The Hall–Kier alpha value is -1.67. The number of likely N-dealkylation sites (tertiary alicyclic amines) is 2. The van der Waals surface area contributed by atoms with E-state index in [1.807, 2.05) is 0 Å². The number of carbonyl (C=O) groups excluding carboxylic acids is 3. The second kappa shape index (κ2) is 8.22. The van der Waals surface area contributed by atoms with E-state index in [2.05, 4.69) is 24.1 Å². The highest BCUT2D eigenvalue weighted by molar-refractivity contribution is 6.07. The van der Waals surface area contributed by atoms with Gasteiger partial charge in [0, 0.05) is 39.3 Å². The van der Waals surface area contributed by atoms with Crippen LogP contribution in [0.4, 0.5) is 4.79 Å². The first-order valence-corrected chi connectivity index (χ1v) is 11.2. The van der Waals surface area contributed by atoms with Crippen molar-refractivity contribution < 1.29 is 19.1 Å². The van der Waals surface area contributed by atoms with E-state index in [9.17, 15) is 14.4 Å². The molecule has 4 saturated heterocycles. The topological polar surface area (TPSA) is 82.2 Å². The van der Waals surface area contributed by atoms with Gasteiger partial charge in [0.1, 0.15) is 11.6 Å². The second-order valence-electron chi connectivity index (χ2n) is 9.46. The molecule has 4 fully saturated rings. The normalized spacial score (nSPS) is 30.4. The second-order valence-corrected chi connectivity index (χ2v) is 9.46. The molecular weight excluding hydrogens is 372 g/mol. The molecule has 4 amide bonds. The Bertz CT molecular complexity index is 653. The van der Waals surface area contributed by atoms with Gasteiger partial charge in [-0.3, -0.25) is 14.5 Å². The summed E-state index contributed by atoms with van der Waals surface area (Å²) in [5, 5.41) is 3.02. The molecule has 0 aromatic rings. The van der Waals surface area contributed by atoms with Crippen LogP contribution in [0.1, 0.15) is 52.4 Å². The molecule has 4 aliphatic rings. The van der Waals surface area contributed by atoms with E-state index >= 15 is 0 Å². The summed E-state index contributed by atoms with van der Waals surface area (Å²) in [5.74, 6) is 0.503. The molecule has 4 heterocycles. The number of imide groups is 1. The molecule has 1 N–H and O–H groups in total. The summed E-state index contributed by atoms with van der Waals surface area (Å²) in [4.78, 5) is 44.5. The fraction of sp³-hybridized carbons (Fsp3) is 0.857. The molecule has 8 nitrogen and oxygen atoms in total. The van der Waals surface area contributed by atoms with Crippen LogP contribution in [0.3, 0.4) is 0 Å². The molecule has 0 aromatic heterocycles. The highest BCUT2D eigenvalue weighted by Gasteiger charge is 2.54. The molecule has 0 bridgehead atoms. The Morgan fingerprint density at radius 2 is 1.93 bits per heavy atom. The van der Waals surface area contributed by atoms with Gasteiger partial charge < -0.3 is 19.9 Å². The highest BCUT2D eigenvalue weighted by Crippen LogP contribution is 2.33. The van der Waals surface area contributed by atoms with E-state index in [1.165, 1.54) is 4.90 Å². The van der Waals surface area contributed by atoms with Gasteiger partial charge in [-0.1, -0.05) is 13.8 Å². The molecule has 162 valence electrons. The molecule has 29 heavy (non-hydrogen) atoms. The molecular formula is C21H34N4O4. The van der Waals surface area contributed by atoms with E-state index < -0.39 is 5.54 Å². The number of hydrogen-bond donors (Lipinski definition) is 1. The van der Waals surface area contributed by atoms with Crippen LogP contribution >= 0.6 is 0 Å². The van der Waals surface area contributed by atoms with Gasteiger partial charge in [-0.15, -0.1) is 0 Å². The van der Waals surface area contributed by atoms with Crippen LogP contribution < -0.4 is 5.32 Å². The minimum absolute atomic E-state index is 0.0101. The molecule has 1 spiro atoms. The smallest absolute Gasteiger partial charge is 0.325 e. The van der Waals surface area contributed by atoms with E-state index in [4.69, 9.17) is 4.74 Å². The Morgan fingerprint density at radius 3 is 2.59 bits per heavy atom. The molecule has 4 rings (SSSR count). The maximum atomic E-state index is 13.3. The van der Waals surface area contributed by atoms with Crippen molar-refractivity contribution in [1.29, 1.82) is 0 Å². The zero-order valence-electron chi connectivity index (χ0n) is 17.7. The van der Waals surface area contributed by atoms with Gasteiger partial charge in [0.15, 0.2) is 0 Å². The Morgan fingerprint density at radius 1 is 1.17 bits per heavy atom. The van der Waals surface area contributed by atoms with Crippen molar-refractivity contribution in [3.05, 3.63) is 0 Å². The maximum Gasteiger partial charge on any atom is 0.325 e. The number of amides is 4. The van der Waals surface area contributed by atoms with Crippen molar-refractivity contribution in [2.24, 2.45) is 5.92 Å². The Balaban J connectivity index is 1.40. The van der Waals surface area contributed by atoms with Gasteiger partial charge in [-0.25, -0.2) is 4.79 Å². The number of hydrogen-bond acceptors (Lipinski definition) is 5. The van der Waals surface area contributed by atoms with Crippen LogP contribution in [0.5, 0.6) is 0 Å². The number of rotatable bonds is 4. The first-order valence-electron chi connectivity index (χ1n) is 11.2. The van der Waals surface area contributed by atoms with E-state index in [1.54, 1.807) is 4.90 Å². The fourth-order valence-electron chi connectivity index (χ4n) is 5.29. The lowest BCUT2D eigenvalue weighted by Gasteiger charge is -2.39. The lowest BCUT2D eigenvalue weighted by Crippen LogP contribution is -2.57. The van der Waals surface area contributed by atoms with Crippen molar-refractivity contribution in [2.75, 3.05) is 39.3 Å². The van der Waals surface area contributed by atoms with Gasteiger partial charge in [0.2, 0.25) is 0 Å².